The highest BCUT2D eigenvalue weighted by Gasteiger charge is 2.29. The number of hydrogen-bond donors (Lipinski definition) is 1. The van der Waals surface area contributed by atoms with Crippen molar-refractivity contribution in [3.05, 3.63) is 45.2 Å². The van der Waals surface area contributed by atoms with Crippen LogP contribution in [0.1, 0.15) is 31.2 Å². The standard InChI is InChI=1S/C15H15ClN2O3/c1-2-20-12-5-3-4-10(9-6-7-9)14(12)21-15-11(19)8-13(16)17-18-15/h3-5,8-9H,2,6-7H2,1H3,(H,17,19). The highest BCUT2D eigenvalue weighted by Crippen LogP contribution is 2.48. The van der Waals surface area contributed by atoms with Gasteiger partial charge in [0.15, 0.2) is 11.5 Å². The van der Waals surface area contributed by atoms with Gasteiger partial charge < -0.3 is 9.47 Å². The summed E-state index contributed by atoms with van der Waals surface area (Å²) in [4.78, 5) is 11.9. The molecule has 1 saturated carbocycles. The summed E-state index contributed by atoms with van der Waals surface area (Å²) in [5.41, 5.74) is 0.684. The maximum Gasteiger partial charge on any atom is 0.285 e. The fourth-order valence-electron chi connectivity index (χ4n) is 2.17. The van der Waals surface area contributed by atoms with Gasteiger partial charge in [0.2, 0.25) is 5.43 Å². The quantitative estimate of drug-likeness (QED) is 0.918. The van der Waals surface area contributed by atoms with E-state index < -0.39 is 0 Å². The van der Waals surface area contributed by atoms with E-state index in [0.29, 0.717) is 24.0 Å². The van der Waals surface area contributed by atoms with Gasteiger partial charge in [0.25, 0.3) is 5.88 Å². The van der Waals surface area contributed by atoms with Crippen LogP contribution in [0.25, 0.3) is 0 Å². The van der Waals surface area contributed by atoms with Gasteiger partial charge in [-0.3, -0.25) is 9.89 Å². The third kappa shape index (κ3) is 3.03. The van der Waals surface area contributed by atoms with Crippen LogP contribution in [0, 0.1) is 0 Å². The minimum atomic E-state index is -0.369. The minimum Gasteiger partial charge on any atom is -0.490 e. The zero-order valence-electron chi connectivity index (χ0n) is 11.6. The van der Waals surface area contributed by atoms with E-state index in [-0.39, 0.29) is 16.5 Å². The smallest absolute Gasteiger partial charge is 0.285 e. The van der Waals surface area contributed by atoms with E-state index in [9.17, 15) is 4.79 Å². The summed E-state index contributed by atoms with van der Waals surface area (Å²) in [5.74, 6) is 1.63. The molecule has 0 unspecified atom stereocenters. The van der Waals surface area contributed by atoms with Crippen molar-refractivity contribution in [2.45, 2.75) is 25.7 Å². The second kappa shape index (κ2) is 5.77. The molecule has 1 aliphatic carbocycles. The summed E-state index contributed by atoms with van der Waals surface area (Å²) in [6, 6.07) is 7.00. The molecule has 0 saturated heterocycles. The Bertz CT molecular complexity index is 710. The molecule has 2 aromatic rings. The molecule has 0 atom stereocenters. The summed E-state index contributed by atoms with van der Waals surface area (Å²) in [6.45, 7) is 2.43. The number of aromatic nitrogens is 2. The average molecular weight is 307 g/mol. The van der Waals surface area contributed by atoms with Gasteiger partial charge in [-0.05, 0) is 31.7 Å². The van der Waals surface area contributed by atoms with Crippen LogP contribution in [0.15, 0.2) is 29.1 Å². The van der Waals surface area contributed by atoms with Gasteiger partial charge in [-0.1, -0.05) is 23.7 Å². The third-order valence-electron chi connectivity index (χ3n) is 3.26. The van der Waals surface area contributed by atoms with Gasteiger partial charge in [0.05, 0.1) is 6.61 Å². The number of benzene rings is 1. The summed E-state index contributed by atoms with van der Waals surface area (Å²) in [7, 11) is 0. The summed E-state index contributed by atoms with van der Waals surface area (Å²) < 4.78 is 11.3. The topological polar surface area (TPSA) is 64.2 Å². The van der Waals surface area contributed by atoms with Gasteiger partial charge in [0.1, 0.15) is 5.15 Å². The first-order valence-electron chi connectivity index (χ1n) is 6.88. The Morgan fingerprint density at radius 1 is 1.43 bits per heavy atom. The lowest BCUT2D eigenvalue weighted by molar-refractivity contribution is 0.317. The minimum absolute atomic E-state index is 0.0338. The highest BCUT2D eigenvalue weighted by molar-refractivity contribution is 6.29. The fraction of sp³-hybridized carbons (Fsp3) is 0.333. The Kier molecular flexibility index (Phi) is 3.84. The van der Waals surface area contributed by atoms with Crippen LogP contribution in [0.5, 0.6) is 17.4 Å². The van der Waals surface area contributed by atoms with Crippen molar-refractivity contribution < 1.29 is 9.47 Å². The van der Waals surface area contributed by atoms with Gasteiger partial charge in [-0.25, -0.2) is 0 Å². The number of halogens is 1. The maximum absolute atomic E-state index is 11.9. The first-order valence-corrected chi connectivity index (χ1v) is 7.25. The molecule has 1 heterocycles. The normalized spacial score (nSPS) is 14.0. The molecule has 0 spiro atoms. The van der Waals surface area contributed by atoms with Crippen LogP contribution in [0.4, 0.5) is 0 Å². The van der Waals surface area contributed by atoms with E-state index in [0.717, 1.165) is 18.4 Å². The van der Waals surface area contributed by atoms with Gasteiger partial charge in [0, 0.05) is 11.6 Å². The number of nitrogens with zero attached hydrogens (tertiary/aromatic N) is 1. The van der Waals surface area contributed by atoms with E-state index in [2.05, 4.69) is 10.2 Å². The van der Waals surface area contributed by atoms with Crippen LogP contribution in [-0.2, 0) is 0 Å². The van der Waals surface area contributed by atoms with Crippen LogP contribution >= 0.6 is 11.6 Å². The lowest BCUT2D eigenvalue weighted by Gasteiger charge is -2.14. The molecule has 6 heteroatoms. The van der Waals surface area contributed by atoms with Crippen LogP contribution in [0.2, 0.25) is 5.15 Å². The summed E-state index contributed by atoms with van der Waals surface area (Å²) in [6.07, 6.45) is 2.24. The van der Waals surface area contributed by atoms with Crippen LogP contribution in [-0.4, -0.2) is 16.8 Å². The molecule has 0 aliphatic heterocycles. The Balaban J connectivity index is 2.01. The van der Waals surface area contributed by atoms with Gasteiger partial charge in [-0.2, -0.15) is 0 Å². The molecule has 21 heavy (non-hydrogen) atoms. The molecule has 1 aliphatic rings. The van der Waals surface area contributed by atoms with E-state index in [1.54, 1.807) is 0 Å². The average Bonchev–Trinajstić information content (AvgIpc) is 3.28. The number of nitrogens with one attached hydrogen (secondary N) is 1. The molecular weight excluding hydrogens is 292 g/mol. The fourth-order valence-corrected chi connectivity index (χ4v) is 2.31. The molecule has 1 fully saturated rings. The third-order valence-corrected chi connectivity index (χ3v) is 3.45. The van der Waals surface area contributed by atoms with E-state index in [1.807, 2.05) is 25.1 Å². The van der Waals surface area contributed by atoms with Crippen molar-refractivity contribution in [1.29, 1.82) is 0 Å². The Labute approximate surface area is 126 Å². The highest BCUT2D eigenvalue weighted by atomic mass is 35.5. The molecule has 5 nitrogen and oxygen atoms in total. The number of para-hydroxylation sites is 1. The van der Waals surface area contributed by atoms with Crippen LogP contribution < -0.4 is 14.9 Å². The molecule has 0 bridgehead atoms. The number of rotatable bonds is 5. The van der Waals surface area contributed by atoms with E-state index in [1.165, 1.54) is 6.07 Å². The lowest BCUT2D eigenvalue weighted by atomic mass is 10.1. The first-order chi connectivity index (χ1) is 10.2. The van der Waals surface area contributed by atoms with Crippen molar-refractivity contribution in [3.8, 4) is 17.4 Å². The molecule has 3 rings (SSSR count). The predicted molar refractivity (Wildman–Crippen MR) is 79.5 cm³/mol. The first kappa shape index (κ1) is 13.9. The number of ether oxygens (including phenoxy) is 2. The Morgan fingerprint density at radius 2 is 2.24 bits per heavy atom. The molecule has 1 N–H and O–H groups in total. The van der Waals surface area contributed by atoms with Crippen molar-refractivity contribution >= 4 is 11.6 Å². The molecule has 0 amide bonds. The molecule has 1 aromatic carbocycles. The van der Waals surface area contributed by atoms with Gasteiger partial charge >= 0.3 is 0 Å². The second-order valence-electron chi connectivity index (χ2n) is 4.87. The summed E-state index contributed by atoms with van der Waals surface area (Å²) in [5, 5.41) is 6.55. The Hall–Kier alpha value is -2.01. The predicted octanol–water partition coefficient (Wildman–Crippen LogP) is 3.49. The monoisotopic (exact) mass is 306 g/mol. The van der Waals surface area contributed by atoms with E-state index in [4.69, 9.17) is 21.1 Å². The Morgan fingerprint density at radius 3 is 2.90 bits per heavy atom. The van der Waals surface area contributed by atoms with Crippen LogP contribution in [0.3, 0.4) is 0 Å². The van der Waals surface area contributed by atoms with E-state index >= 15 is 0 Å². The lowest BCUT2D eigenvalue weighted by Crippen LogP contribution is -2.09. The molecule has 110 valence electrons. The SMILES string of the molecule is CCOc1cccc(C2CC2)c1Oc1n[nH]c(Cl)cc1=O. The zero-order chi connectivity index (χ0) is 14.8. The van der Waals surface area contributed by atoms with Crippen molar-refractivity contribution in [1.82, 2.24) is 10.2 Å². The van der Waals surface area contributed by atoms with Crippen molar-refractivity contribution in [2.75, 3.05) is 6.61 Å². The number of hydrogen-bond acceptors (Lipinski definition) is 4. The molecular formula is C15H15ClN2O3. The zero-order valence-corrected chi connectivity index (χ0v) is 12.3. The summed E-state index contributed by atoms with van der Waals surface area (Å²) >= 11 is 5.69. The molecule has 1 aromatic heterocycles. The van der Waals surface area contributed by atoms with Crippen molar-refractivity contribution in [3.63, 3.8) is 0 Å². The van der Waals surface area contributed by atoms with Gasteiger partial charge in [-0.15, -0.1) is 5.10 Å². The largest absolute Gasteiger partial charge is 0.490 e. The van der Waals surface area contributed by atoms with Crippen molar-refractivity contribution in [2.24, 2.45) is 0 Å². The number of H-pyrrole nitrogens is 1. The second-order valence-corrected chi connectivity index (χ2v) is 5.28. The molecule has 0 radical (unpaired) electrons. The number of aromatic amines is 1. The maximum atomic E-state index is 11.9.